The second-order valence-electron chi connectivity index (χ2n) is 6.04. The maximum absolute atomic E-state index is 14.3. The first-order chi connectivity index (χ1) is 13.7. The number of nitrogens with zero attached hydrogens (tertiary/aromatic N) is 2. The van der Waals surface area contributed by atoms with E-state index >= 15 is 0 Å². The minimum Gasteiger partial charge on any atom is -0.369 e. The maximum Gasteiger partial charge on any atom is 0.418 e. The van der Waals surface area contributed by atoms with E-state index in [1.54, 1.807) is 30.3 Å². The number of halogens is 4. The molecule has 0 saturated heterocycles. The highest BCUT2D eigenvalue weighted by atomic mass is 19.4. The Morgan fingerprint density at radius 2 is 1.90 bits per heavy atom. The number of rotatable bonds is 4. The van der Waals surface area contributed by atoms with Gasteiger partial charge in [-0.1, -0.05) is 30.3 Å². The molecule has 0 atom stereocenters. The second-order valence-corrected chi connectivity index (χ2v) is 6.04. The minimum absolute atomic E-state index is 0.0954. The van der Waals surface area contributed by atoms with Gasteiger partial charge in [-0.2, -0.15) is 13.2 Å². The van der Waals surface area contributed by atoms with Crippen molar-refractivity contribution in [2.24, 2.45) is 0 Å². The van der Waals surface area contributed by atoms with E-state index in [-0.39, 0.29) is 17.1 Å². The van der Waals surface area contributed by atoms with E-state index < -0.39 is 29.2 Å². The Kier molecular flexibility index (Phi) is 5.40. The van der Waals surface area contributed by atoms with Crippen LogP contribution in [-0.4, -0.2) is 22.5 Å². The number of hydrogen-bond donors (Lipinski definition) is 2. The van der Waals surface area contributed by atoms with Crippen molar-refractivity contribution in [3.8, 4) is 5.69 Å². The number of likely N-dealkylation sites (N-methyl/N-ethyl adjacent to an activating group) is 1. The SMILES string of the molecule is CNC(=O)/C=C(\c1ccccc1)c1cc(F)cc(C(F)(F)F)c1-n1ccnc1N. The molecule has 3 N–H and O–H groups in total. The third-order valence-electron chi connectivity index (χ3n) is 4.19. The van der Waals surface area contributed by atoms with Crippen LogP contribution in [0.3, 0.4) is 0 Å². The van der Waals surface area contributed by atoms with Gasteiger partial charge in [0, 0.05) is 31.1 Å². The van der Waals surface area contributed by atoms with Gasteiger partial charge in [-0.3, -0.25) is 9.36 Å². The number of nitrogens with one attached hydrogen (secondary N) is 1. The van der Waals surface area contributed by atoms with Crippen molar-refractivity contribution in [3.05, 3.63) is 83.4 Å². The van der Waals surface area contributed by atoms with Crippen LogP contribution in [0.4, 0.5) is 23.5 Å². The molecule has 1 heterocycles. The molecule has 0 aliphatic heterocycles. The van der Waals surface area contributed by atoms with E-state index in [1.807, 2.05) is 0 Å². The topological polar surface area (TPSA) is 72.9 Å². The van der Waals surface area contributed by atoms with Gasteiger partial charge < -0.3 is 11.1 Å². The number of hydrogen-bond acceptors (Lipinski definition) is 3. The summed E-state index contributed by atoms with van der Waals surface area (Å²) in [5, 5.41) is 2.38. The number of alkyl halides is 3. The maximum atomic E-state index is 14.3. The molecule has 1 amide bonds. The van der Waals surface area contributed by atoms with Crippen molar-refractivity contribution >= 4 is 17.4 Å². The molecule has 9 heteroatoms. The van der Waals surface area contributed by atoms with Crippen LogP contribution in [0.25, 0.3) is 11.3 Å². The van der Waals surface area contributed by atoms with Gasteiger partial charge in [0.1, 0.15) is 5.82 Å². The lowest BCUT2D eigenvalue weighted by Gasteiger charge is -2.20. The second kappa shape index (κ2) is 7.78. The Morgan fingerprint density at radius 3 is 2.45 bits per heavy atom. The number of anilines is 1. The summed E-state index contributed by atoms with van der Waals surface area (Å²) in [5.74, 6) is -1.88. The van der Waals surface area contributed by atoms with Crippen LogP contribution in [0, 0.1) is 5.82 Å². The van der Waals surface area contributed by atoms with E-state index in [1.165, 1.54) is 19.4 Å². The van der Waals surface area contributed by atoms with Crippen molar-refractivity contribution in [1.29, 1.82) is 0 Å². The number of aromatic nitrogens is 2. The van der Waals surface area contributed by atoms with E-state index in [0.717, 1.165) is 16.7 Å². The van der Waals surface area contributed by atoms with Gasteiger partial charge >= 0.3 is 6.18 Å². The summed E-state index contributed by atoms with van der Waals surface area (Å²) in [5.41, 5.74) is 4.45. The molecule has 29 heavy (non-hydrogen) atoms. The summed E-state index contributed by atoms with van der Waals surface area (Å²) in [4.78, 5) is 15.8. The van der Waals surface area contributed by atoms with Gasteiger partial charge in [0.2, 0.25) is 11.9 Å². The van der Waals surface area contributed by atoms with Crippen LogP contribution in [0.1, 0.15) is 16.7 Å². The highest BCUT2D eigenvalue weighted by Gasteiger charge is 2.37. The Morgan fingerprint density at radius 1 is 1.21 bits per heavy atom. The zero-order valence-electron chi connectivity index (χ0n) is 15.2. The molecule has 0 bridgehead atoms. The third-order valence-corrected chi connectivity index (χ3v) is 4.19. The third kappa shape index (κ3) is 4.13. The van der Waals surface area contributed by atoms with E-state index in [2.05, 4.69) is 10.3 Å². The number of benzene rings is 2. The van der Waals surface area contributed by atoms with Gasteiger partial charge in [0.15, 0.2) is 0 Å². The van der Waals surface area contributed by atoms with Crippen LogP contribution >= 0.6 is 0 Å². The quantitative estimate of drug-likeness (QED) is 0.513. The normalized spacial score (nSPS) is 12.1. The first-order valence-electron chi connectivity index (χ1n) is 8.41. The van der Waals surface area contributed by atoms with Crippen LogP contribution < -0.4 is 11.1 Å². The van der Waals surface area contributed by atoms with Gasteiger partial charge in [-0.25, -0.2) is 9.37 Å². The van der Waals surface area contributed by atoms with Crippen LogP contribution in [-0.2, 0) is 11.0 Å². The monoisotopic (exact) mass is 404 g/mol. The molecular formula is C20H16F4N4O. The fourth-order valence-corrected chi connectivity index (χ4v) is 2.92. The predicted octanol–water partition coefficient (Wildman–Crippen LogP) is 3.79. The first-order valence-corrected chi connectivity index (χ1v) is 8.41. The number of nitrogens with two attached hydrogens (primary N) is 1. The predicted molar refractivity (Wildman–Crippen MR) is 101 cm³/mol. The van der Waals surface area contributed by atoms with Gasteiger partial charge in [-0.15, -0.1) is 0 Å². The Balaban J connectivity index is 2.43. The number of imidazole rings is 1. The molecule has 0 fully saturated rings. The Hall–Kier alpha value is -3.62. The van der Waals surface area contributed by atoms with Gasteiger partial charge in [0.05, 0.1) is 11.3 Å². The van der Waals surface area contributed by atoms with Gasteiger partial charge in [0.25, 0.3) is 0 Å². The fourth-order valence-electron chi connectivity index (χ4n) is 2.92. The van der Waals surface area contributed by atoms with Crippen LogP contribution in [0.5, 0.6) is 0 Å². The highest BCUT2D eigenvalue weighted by molar-refractivity contribution is 6.00. The molecule has 0 saturated carbocycles. The van der Waals surface area contributed by atoms with E-state index in [0.29, 0.717) is 11.6 Å². The summed E-state index contributed by atoms with van der Waals surface area (Å²) in [6.45, 7) is 0. The summed E-state index contributed by atoms with van der Waals surface area (Å²) >= 11 is 0. The molecule has 3 rings (SSSR count). The molecule has 3 aromatic rings. The smallest absolute Gasteiger partial charge is 0.369 e. The molecule has 0 unspecified atom stereocenters. The van der Waals surface area contributed by atoms with E-state index in [4.69, 9.17) is 5.73 Å². The number of carbonyl (C=O) groups is 1. The number of carbonyl (C=O) groups excluding carboxylic acids is 1. The van der Waals surface area contributed by atoms with Crippen molar-refractivity contribution in [1.82, 2.24) is 14.9 Å². The zero-order valence-corrected chi connectivity index (χ0v) is 15.2. The standard InChI is InChI=1S/C20H16F4N4O/c1-26-17(29)11-14(12-5-3-2-4-6-12)15-9-13(21)10-16(20(22,23)24)18(15)28-8-7-27-19(28)25/h2-11H,1H3,(H2,25,27)(H,26,29)/b14-11+. The first kappa shape index (κ1) is 20.1. The highest BCUT2D eigenvalue weighted by Crippen LogP contribution is 2.40. The van der Waals surface area contributed by atoms with Crippen LogP contribution in [0.2, 0.25) is 0 Å². The summed E-state index contributed by atoms with van der Waals surface area (Å²) in [6, 6.07) is 9.56. The van der Waals surface area contributed by atoms with Crippen molar-refractivity contribution in [2.75, 3.05) is 12.8 Å². The van der Waals surface area contributed by atoms with Crippen molar-refractivity contribution in [3.63, 3.8) is 0 Å². The Bertz CT molecular complexity index is 1070. The molecule has 2 aromatic carbocycles. The molecule has 0 radical (unpaired) electrons. The molecule has 0 aliphatic carbocycles. The number of nitrogen functional groups attached to an aromatic ring is 1. The summed E-state index contributed by atoms with van der Waals surface area (Å²) in [6.07, 6.45) is -1.30. The largest absolute Gasteiger partial charge is 0.418 e. The summed E-state index contributed by atoms with van der Waals surface area (Å²) in [7, 11) is 1.38. The molecule has 150 valence electrons. The number of amides is 1. The molecule has 5 nitrogen and oxygen atoms in total. The zero-order chi connectivity index (χ0) is 21.2. The fraction of sp³-hybridized carbons (Fsp3) is 0.100. The van der Waals surface area contributed by atoms with Crippen LogP contribution in [0.15, 0.2) is 60.9 Å². The lowest BCUT2D eigenvalue weighted by molar-refractivity contribution is -0.137. The van der Waals surface area contributed by atoms with Gasteiger partial charge in [-0.05, 0) is 23.3 Å². The molecule has 0 aliphatic rings. The minimum atomic E-state index is -4.88. The van der Waals surface area contributed by atoms with Crippen molar-refractivity contribution in [2.45, 2.75) is 6.18 Å². The van der Waals surface area contributed by atoms with E-state index in [9.17, 15) is 22.4 Å². The lowest BCUT2D eigenvalue weighted by atomic mass is 9.93. The summed E-state index contributed by atoms with van der Waals surface area (Å²) < 4.78 is 56.7. The average molecular weight is 404 g/mol. The molecule has 0 spiro atoms. The molecule has 1 aromatic heterocycles. The Labute approximate surface area is 163 Å². The van der Waals surface area contributed by atoms with Crippen molar-refractivity contribution < 1.29 is 22.4 Å². The lowest BCUT2D eigenvalue weighted by Crippen LogP contribution is -2.17. The average Bonchev–Trinajstić information content (AvgIpc) is 3.10. The molecular weight excluding hydrogens is 388 g/mol.